The van der Waals surface area contributed by atoms with Gasteiger partial charge in [-0.3, -0.25) is 9.78 Å². The van der Waals surface area contributed by atoms with Gasteiger partial charge in [-0.1, -0.05) is 44.5 Å². The molecule has 2 heterocycles. The van der Waals surface area contributed by atoms with E-state index in [-0.39, 0.29) is 16.5 Å². The first-order valence-corrected chi connectivity index (χ1v) is 8.05. The Bertz CT molecular complexity index is 911. The summed E-state index contributed by atoms with van der Waals surface area (Å²) >= 11 is 6.23. The third-order valence-corrected chi connectivity index (χ3v) is 4.08. The zero-order chi connectivity index (χ0) is 17.3. The van der Waals surface area contributed by atoms with Crippen molar-refractivity contribution in [1.82, 2.24) is 9.97 Å². The fraction of sp³-hybridized carbons (Fsp3) is 0.211. The Morgan fingerprint density at radius 1 is 1.12 bits per heavy atom. The van der Waals surface area contributed by atoms with E-state index < -0.39 is 0 Å². The average Bonchev–Trinajstić information content (AvgIpc) is 2.54. The Labute approximate surface area is 145 Å². The summed E-state index contributed by atoms with van der Waals surface area (Å²) in [5.41, 5.74) is 1.80. The molecule has 122 valence electrons. The second-order valence-corrected chi connectivity index (χ2v) is 7.00. The van der Waals surface area contributed by atoms with Gasteiger partial charge in [0.25, 0.3) is 5.91 Å². The fourth-order valence-electron chi connectivity index (χ4n) is 2.44. The van der Waals surface area contributed by atoms with Crippen LogP contribution < -0.4 is 5.32 Å². The molecule has 0 spiro atoms. The van der Waals surface area contributed by atoms with Crippen molar-refractivity contribution < 1.29 is 4.79 Å². The lowest BCUT2D eigenvalue weighted by Crippen LogP contribution is -2.17. The molecule has 24 heavy (non-hydrogen) atoms. The molecular formula is C19H18ClN3O. The molecule has 0 aliphatic carbocycles. The number of aromatic nitrogens is 2. The molecule has 5 heteroatoms. The smallest absolute Gasteiger partial charge is 0.258 e. The maximum absolute atomic E-state index is 12.6. The summed E-state index contributed by atoms with van der Waals surface area (Å²) in [7, 11) is 0. The van der Waals surface area contributed by atoms with Crippen LogP contribution in [0.15, 0.2) is 48.8 Å². The zero-order valence-corrected chi connectivity index (χ0v) is 14.6. The number of fused-ring (bicyclic) bond motifs is 1. The molecule has 3 rings (SSSR count). The number of nitrogens with zero attached hydrogens (tertiary/aromatic N) is 2. The Kier molecular flexibility index (Phi) is 4.24. The van der Waals surface area contributed by atoms with E-state index in [0.29, 0.717) is 5.56 Å². The lowest BCUT2D eigenvalue weighted by atomic mass is 9.91. The number of carbonyl (C=O) groups is 1. The third-order valence-electron chi connectivity index (χ3n) is 3.79. The van der Waals surface area contributed by atoms with Crippen molar-refractivity contribution in [1.29, 1.82) is 0 Å². The summed E-state index contributed by atoms with van der Waals surface area (Å²) < 4.78 is 0. The number of pyridine rings is 2. The van der Waals surface area contributed by atoms with E-state index in [1.54, 1.807) is 18.5 Å². The van der Waals surface area contributed by atoms with Gasteiger partial charge in [0.05, 0.1) is 5.56 Å². The van der Waals surface area contributed by atoms with Crippen LogP contribution in [0.1, 0.15) is 36.8 Å². The monoisotopic (exact) mass is 339 g/mol. The van der Waals surface area contributed by atoms with Gasteiger partial charge in [0.15, 0.2) is 0 Å². The predicted molar refractivity (Wildman–Crippen MR) is 97.6 cm³/mol. The first-order valence-electron chi connectivity index (χ1n) is 7.67. The van der Waals surface area contributed by atoms with Gasteiger partial charge >= 0.3 is 0 Å². The average molecular weight is 340 g/mol. The fourth-order valence-corrected chi connectivity index (χ4v) is 2.68. The number of carbonyl (C=O) groups excluding carboxylic acids is 1. The minimum absolute atomic E-state index is 0.124. The minimum atomic E-state index is -0.280. The van der Waals surface area contributed by atoms with E-state index in [1.165, 1.54) is 0 Å². The third kappa shape index (κ3) is 3.24. The van der Waals surface area contributed by atoms with Gasteiger partial charge in [0.2, 0.25) is 0 Å². The molecule has 0 bridgehead atoms. The van der Waals surface area contributed by atoms with E-state index in [4.69, 9.17) is 11.6 Å². The van der Waals surface area contributed by atoms with Crippen LogP contribution in [0.3, 0.4) is 0 Å². The van der Waals surface area contributed by atoms with Crippen LogP contribution >= 0.6 is 11.6 Å². The van der Waals surface area contributed by atoms with Crippen LogP contribution in [0, 0.1) is 0 Å². The van der Waals surface area contributed by atoms with E-state index >= 15 is 0 Å². The zero-order valence-electron chi connectivity index (χ0n) is 13.8. The summed E-state index contributed by atoms with van der Waals surface area (Å²) in [4.78, 5) is 21.0. The van der Waals surface area contributed by atoms with Crippen LogP contribution in [0.25, 0.3) is 10.8 Å². The minimum Gasteiger partial charge on any atom is -0.321 e. The molecule has 0 fully saturated rings. The van der Waals surface area contributed by atoms with Crippen LogP contribution in [-0.2, 0) is 5.41 Å². The number of rotatable bonds is 2. The molecule has 1 N–H and O–H groups in total. The van der Waals surface area contributed by atoms with E-state index in [1.807, 2.05) is 30.3 Å². The topological polar surface area (TPSA) is 54.9 Å². The molecular weight excluding hydrogens is 322 g/mol. The number of nitrogens with one attached hydrogen (secondary N) is 1. The molecule has 0 radical (unpaired) electrons. The highest BCUT2D eigenvalue weighted by molar-refractivity contribution is 6.33. The summed E-state index contributed by atoms with van der Waals surface area (Å²) in [5, 5.41) is 5.01. The molecule has 0 saturated carbocycles. The number of benzene rings is 1. The van der Waals surface area contributed by atoms with Crippen molar-refractivity contribution in [2.24, 2.45) is 0 Å². The first kappa shape index (κ1) is 16.4. The lowest BCUT2D eigenvalue weighted by molar-refractivity contribution is 0.102. The lowest BCUT2D eigenvalue weighted by Gasteiger charge is -2.18. The predicted octanol–water partition coefficient (Wildman–Crippen LogP) is 4.83. The van der Waals surface area contributed by atoms with Crippen molar-refractivity contribution in [3.05, 3.63) is 65.2 Å². The molecule has 0 aliphatic rings. The van der Waals surface area contributed by atoms with Crippen molar-refractivity contribution in [3.8, 4) is 0 Å². The van der Waals surface area contributed by atoms with Crippen molar-refractivity contribution in [2.75, 3.05) is 5.32 Å². The van der Waals surface area contributed by atoms with Crippen molar-refractivity contribution >= 4 is 34.0 Å². The molecule has 1 amide bonds. The summed E-state index contributed by atoms with van der Waals surface area (Å²) in [6.07, 6.45) is 3.46. The first-order chi connectivity index (χ1) is 11.4. The number of hydrogen-bond acceptors (Lipinski definition) is 3. The number of hydrogen-bond donors (Lipinski definition) is 1. The highest BCUT2D eigenvalue weighted by atomic mass is 35.5. The van der Waals surface area contributed by atoms with Gasteiger partial charge in [-0.05, 0) is 24.3 Å². The summed E-state index contributed by atoms with van der Waals surface area (Å²) in [5.74, 6) is -0.280. The van der Waals surface area contributed by atoms with Gasteiger partial charge in [-0.15, -0.1) is 0 Å². The Morgan fingerprint density at radius 3 is 2.62 bits per heavy atom. The van der Waals surface area contributed by atoms with Gasteiger partial charge in [0.1, 0.15) is 5.15 Å². The van der Waals surface area contributed by atoms with Crippen LogP contribution in [-0.4, -0.2) is 15.9 Å². The van der Waals surface area contributed by atoms with Crippen molar-refractivity contribution in [3.63, 3.8) is 0 Å². The van der Waals surface area contributed by atoms with E-state index in [0.717, 1.165) is 22.2 Å². The molecule has 1 aromatic carbocycles. The van der Waals surface area contributed by atoms with Gasteiger partial charge in [-0.2, -0.15) is 0 Å². The Balaban J connectivity index is 1.92. The van der Waals surface area contributed by atoms with Gasteiger partial charge < -0.3 is 5.32 Å². The SMILES string of the molecule is CC(C)(C)c1ccc(C(=O)Nc2cccc3cnccc23)c(Cl)n1. The van der Waals surface area contributed by atoms with Crippen LogP contribution in [0.4, 0.5) is 5.69 Å². The molecule has 4 nitrogen and oxygen atoms in total. The highest BCUT2D eigenvalue weighted by Gasteiger charge is 2.19. The summed E-state index contributed by atoms with van der Waals surface area (Å²) in [6.45, 7) is 6.15. The molecule has 0 atom stereocenters. The van der Waals surface area contributed by atoms with Crippen LogP contribution in [0.5, 0.6) is 0 Å². The van der Waals surface area contributed by atoms with Gasteiger partial charge in [-0.25, -0.2) is 4.98 Å². The maximum atomic E-state index is 12.6. The van der Waals surface area contributed by atoms with E-state index in [2.05, 4.69) is 36.1 Å². The number of amides is 1. The molecule has 0 unspecified atom stereocenters. The van der Waals surface area contributed by atoms with Crippen molar-refractivity contribution in [2.45, 2.75) is 26.2 Å². The normalized spacial score (nSPS) is 11.5. The second-order valence-electron chi connectivity index (χ2n) is 6.64. The standard InChI is InChI=1S/C19H18ClN3O/c1-19(2,3)16-8-7-14(17(20)23-16)18(24)22-15-6-4-5-12-11-21-10-9-13(12)15/h4-11H,1-3H3,(H,22,24). The Morgan fingerprint density at radius 2 is 1.92 bits per heavy atom. The van der Waals surface area contributed by atoms with Crippen LogP contribution in [0.2, 0.25) is 5.15 Å². The quantitative estimate of drug-likeness (QED) is 0.680. The second kappa shape index (κ2) is 6.21. The number of halogens is 1. The largest absolute Gasteiger partial charge is 0.321 e. The molecule has 2 aromatic heterocycles. The number of anilines is 1. The van der Waals surface area contributed by atoms with Gasteiger partial charge in [0, 0.05) is 40.0 Å². The molecule has 0 aliphatic heterocycles. The van der Waals surface area contributed by atoms with E-state index in [9.17, 15) is 4.79 Å². The Hall–Kier alpha value is -2.46. The molecule has 0 saturated heterocycles. The molecule has 3 aromatic rings. The maximum Gasteiger partial charge on any atom is 0.258 e. The highest BCUT2D eigenvalue weighted by Crippen LogP contribution is 2.26. The summed E-state index contributed by atoms with van der Waals surface area (Å²) in [6, 6.07) is 11.1.